The van der Waals surface area contributed by atoms with Crippen molar-refractivity contribution in [3.8, 4) is 11.1 Å². The van der Waals surface area contributed by atoms with Crippen molar-refractivity contribution in [3.63, 3.8) is 0 Å². The highest BCUT2D eigenvalue weighted by atomic mass is 16.1. The lowest BCUT2D eigenvalue weighted by molar-refractivity contribution is 0.969. The van der Waals surface area contributed by atoms with Crippen molar-refractivity contribution in [3.05, 3.63) is 70.6 Å². The Kier molecular flexibility index (Phi) is 3.35. The third kappa shape index (κ3) is 2.36. The number of H-pyrrole nitrogens is 1. The summed E-state index contributed by atoms with van der Waals surface area (Å²) in [5.74, 6) is 0. The standard InChI is InChI=1S/C17H16N2O/c18-9-7-12-1-3-13(4-2-12)14-5-6-16-15(11-14)8-10-19-17(16)20/h1-6,8,10-11H,7,9,18H2,(H,19,20). The van der Waals surface area contributed by atoms with E-state index in [2.05, 4.69) is 29.2 Å². The van der Waals surface area contributed by atoms with Gasteiger partial charge in [0.05, 0.1) is 0 Å². The molecule has 3 N–H and O–H groups in total. The molecule has 0 saturated carbocycles. The average molecular weight is 264 g/mol. The molecule has 3 nitrogen and oxygen atoms in total. The van der Waals surface area contributed by atoms with Crippen LogP contribution in [0.1, 0.15) is 5.56 Å². The van der Waals surface area contributed by atoms with Crippen molar-refractivity contribution < 1.29 is 0 Å². The van der Waals surface area contributed by atoms with Crippen LogP contribution in [0, 0.1) is 0 Å². The van der Waals surface area contributed by atoms with Gasteiger partial charge in [0.2, 0.25) is 0 Å². The highest BCUT2D eigenvalue weighted by Gasteiger charge is 2.02. The van der Waals surface area contributed by atoms with Crippen LogP contribution in [0.5, 0.6) is 0 Å². The lowest BCUT2D eigenvalue weighted by atomic mass is 10.0. The van der Waals surface area contributed by atoms with Crippen LogP contribution >= 0.6 is 0 Å². The van der Waals surface area contributed by atoms with Crippen LogP contribution in [-0.2, 0) is 6.42 Å². The van der Waals surface area contributed by atoms with E-state index in [4.69, 9.17) is 5.73 Å². The molecule has 1 heterocycles. The van der Waals surface area contributed by atoms with Crippen LogP contribution in [0.3, 0.4) is 0 Å². The number of benzene rings is 2. The van der Waals surface area contributed by atoms with Crippen molar-refractivity contribution in [2.24, 2.45) is 5.73 Å². The quantitative estimate of drug-likeness (QED) is 0.764. The number of nitrogens with two attached hydrogens (primary N) is 1. The molecule has 2 aromatic carbocycles. The number of hydrogen-bond donors (Lipinski definition) is 2. The van der Waals surface area contributed by atoms with Crippen LogP contribution in [-0.4, -0.2) is 11.5 Å². The van der Waals surface area contributed by atoms with E-state index in [0.29, 0.717) is 6.54 Å². The van der Waals surface area contributed by atoms with E-state index >= 15 is 0 Å². The van der Waals surface area contributed by atoms with Crippen molar-refractivity contribution in [1.29, 1.82) is 0 Å². The number of fused-ring (bicyclic) bond motifs is 1. The second-order valence-corrected chi connectivity index (χ2v) is 4.84. The fourth-order valence-corrected chi connectivity index (χ4v) is 2.40. The summed E-state index contributed by atoms with van der Waals surface area (Å²) in [7, 11) is 0. The first-order valence-electron chi connectivity index (χ1n) is 6.69. The summed E-state index contributed by atoms with van der Waals surface area (Å²) in [6.45, 7) is 0.665. The van der Waals surface area contributed by atoms with Gasteiger partial charge in [-0.05, 0) is 53.2 Å². The topological polar surface area (TPSA) is 58.9 Å². The number of aromatic nitrogens is 1. The first-order valence-corrected chi connectivity index (χ1v) is 6.69. The Morgan fingerprint density at radius 3 is 2.45 bits per heavy atom. The average Bonchev–Trinajstić information content (AvgIpc) is 2.48. The lowest BCUT2D eigenvalue weighted by Crippen LogP contribution is -2.04. The molecule has 0 fully saturated rings. The summed E-state index contributed by atoms with van der Waals surface area (Å²) < 4.78 is 0. The van der Waals surface area contributed by atoms with Crippen LogP contribution in [0.4, 0.5) is 0 Å². The van der Waals surface area contributed by atoms with Gasteiger partial charge in [-0.3, -0.25) is 4.79 Å². The van der Waals surface area contributed by atoms with E-state index in [1.54, 1.807) is 6.20 Å². The molecule has 3 aromatic rings. The summed E-state index contributed by atoms with van der Waals surface area (Å²) in [6, 6.07) is 16.2. The molecule has 100 valence electrons. The monoisotopic (exact) mass is 264 g/mol. The number of aromatic amines is 1. The molecule has 0 saturated heterocycles. The van der Waals surface area contributed by atoms with Crippen LogP contribution < -0.4 is 11.3 Å². The molecule has 0 bridgehead atoms. The Morgan fingerprint density at radius 1 is 0.950 bits per heavy atom. The SMILES string of the molecule is NCCc1ccc(-c2ccc3c(=O)[nH]ccc3c2)cc1. The van der Waals surface area contributed by atoms with Crippen LogP contribution in [0.15, 0.2) is 59.5 Å². The molecule has 0 unspecified atom stereocenters. The van der Waals surface area contributed by atoms with Gasteiger partial charge in [-0.15, -0.1) is 0 Å². The second-order valence-electron chi connectivity index (χ2n) is 4.84. The number of pyridine rings is 1. The molecular weight excluding hydrogens is 248 g/mol. The van der Waals surface area contributed by atoms with Crippen molar-refractivity contribution in [2.45, 2.75) is 6.42 Å². The summed E-state index contributed by atoms with van der Waals surface area (Å²) in [4.78, 5) is 14.4. The zero-order valence-electron chi connectivity index (χ0n) is 11.1. The number of hydrogen-bond acceptors (Lipinski definition) is 2. The Labute approximate surface area is 117 Å². The lowest BCUT2D eigenvalue weighted by Gasteiger charge is -2.05. The van der Waals surface area contributed by atoms with Gasteiger partial charge in [-0.25, -0.2) is 0 Å². The van der Waals surface area contributed by atoms with Gasteiger partial charge in [0, 0.05) is 11.6 Å². The third-order valence-electron chi connectivity index (χ3n) is 3.49. The number of rotatable bonds is 3. The summed E-state index contributed by atoms with van der Waals surface area (Å²) in [5, 5.41) is 1.67. The zero-order valence-corrected chi connectivity index (χ0v) is 11.1. The summed E-state index contributed by atoms with van der Waals surface area (Å²) >= 11 is 0. The molecule has 0 atom stereocenters. The molecule has 3 rings (SSSR count). The summed E-state index contributed by atoms with van der Waals surface area (Å²) in [6.07, 6.45) is 2.58. The minimum atomic E-state index is -0.0488. The molecule has 0 spiro atoms. The third-order valence-corrected chi connectivity index (χ3v) is 3.49. The maximum atomic E-state index is 11.7. The molecule has 20 heavy (non-hydrogen) atoms. The van der Waals surface area contributed by atoms with Crippen LogP contribution in [0.25, 0.3) is 21.9 Å². The molecule has 1 aromatic heterocycles. The fourth-order valence-electron chi connectivity index (χ4n) is 2.40. The van der Waals surface area contributed by atoms with E-state index in [1.165, 1.54) is 5.56 Å². The summed E-state index contributed by atoms with van der Waals surface area (Å²) in [5.41, 5.74) is 9.01. The van der Waals surface area contributed by atoms with Gasteiger partial charge in [-0.2, -0.15) is 0 Å². The smallest absolute Gasteiger partial charge is 0.255 e. The van der Waals surface area contributed by atoms with Crippen molar-refractivity contribution in [2.75, 3.05) is 6.54 Å². The molecule has 0 radical (unpaired) electrons. The van der Waals surface area contributed by atoms with E-state index in [0.717, 1.165) is 28.3 Å². The van der Waals surface area contributed by atoms with Gasteiger partial charge >= 0.3 is 0 Å². The van der Waals surface area contributed by atoms with Crippen molar-refractivity contribution in [1.82, 2.24) is 4.98 Å². The minimum absolute atomic E-state index is 0.0488. The van der Waals surface area contributed by atoms with E-state index in [-0.39, 0.29) is 5.56 Å². The molecular formula is C17H16N2O. The molecule has 3 heteroatoms. The minimum Gasteiger partial charge on any atom is -0.330 e. The van der Waals surface area contributed by atoms with Gasteiger partial charge in [0.25, 0.3) is 5.56 Å². The van der Waals surface area contributed by atoms with Gasteiger partial charge < -0.3 is 10.7 Å². The first-order chi connectivity index (χ1) is 9.78. The molecule has 0 amide bonds. The number of nitrogens with one attached hydrogen (secondary N) is 1. The van der Waals surface area contributed by atoms with Gasteiger partial charge in [0.15, 0.2) is 0 Å². The largest absolute Gasteiger partial charge is 0.330 e. The Hall–Kier alpha value is -2.39. The first kappa shape index (κ1) is 12.6. The Bertz CT molecular complexity index is 788. The molecule has 0 aliphatic rings. The zero-order chi connectivity index (χ0) is 13.9. The van der Waals surface area contributed by atoms with E-state index < -0.39 is 0 Å². The molecule has 0 aliphatic carbocycles. The van der Waals surface area contributed by atoms with Crippen molar-refractivity contribution >= 4 is 10.8 Å². The van der Waals surface area contributed by atoms with E-state index in [1.807, 2.05) is 24.3 Å². The maximum absolute atomic E-state index is 11.7. The fraction of sp³-hybridized carbons (Fsp3) is 0.118. The predicted molar refractivity (Wildman–Crippen MR) is 82.8 cm³/mol. The maximum Gasteiger partial charge on any atom is 0.255 e. The van der Waals surface area contributed by atoms with Gasteiger partial charge in [0.1, 0.15) is 0 Å². The Balaban J connectivity index is 2.03. The highest BCUT2D eigenvalue weighted by Crippen LogP contribution is 2.23. The van der Waals surface area contributed by atoms with Gasteiger partial charge in [-0.1, -0.05) is 30.3 Å². The van der Waals surface area contributed by atoms with Crippen LogP contribution in [0.2, 0.25) is 0 Å². The second kappa shape index (κ2) is 5.31. The normalized spacial score (nSPS) is 10.8. The van der Waals surface area contributed by atoms with E-state index in [9.17, 15) is 4.79 Å². The highest BCUT2D eigenvalue weighted by molar-refractivity contribution is 5.86. The Morgan fingerprint density at radius 2 is 1.70 bits per heavy atom. The predicted octanol–water partition coefficient (Wildman–Crippen LogP) is 2.70. The molecule has 0 aliphatic heterocycles.